The zero-order valence-corrected chi connectivity index (χ0v) is 42.4. The minimum atomic E-state index is -4.40. The van der Waals surface area contributed by atoms with Crippen LogP contribution in [0.5, 0.6) is 0 Å². The second kappa shape index (κ2) is 45.4. The highest BCUT2D eigenvalue weighted by atomic mass is 31.2. The summed E-state index contributed by atoms with van der Waals surface area (Å²) in [5, 5.41) is 0. The Morgan fingerprint density at radius 3 is 1.38 bits per heavy atom. The van der Waals surface area contributed by atoms with Gasteiger partial charge in [0, 0.05) is 12.8 Å². The van der Waals surface area contributed by atoms with Crippen molar-refractivity contribution in [3.05, 3.63) is 85.1 Å². The molecule has 0 bridgehead atoms. The van der Waals surface area contributed by atoms with Crippen molar-refractivity contribution in [2.24, 2.45) is 0 Å². The molecule has 9 nitrogen and oxygen atoms in total. The lowest BCUT2D eigenvalue weighted by atomic mass is 10.1. The maximum absolute atomic E-state index is 12.7. The number of carbonyl (C=O) groups excluding carboxylic acids is 2. The van der Waals surface area contributed by atoms with Crippen molar-refractivity contribution >= 4 is 19.8 Å². The highest BCUT2D eigenvalue weighted by molar-refractivity contribution is 7.47. The summed E-state index contributed by atoms with van der Waals surface area (Å²) in [4.78, 5) is 35.5. The molecule has 64 heavy (non-hydrogen) atoms. The first-order valence-electron chi connectivity index (χ1n) is 25.3. The highest BCUT2D eigenvalue weighted by Gasteiger charge is 2.27. The molecule has 368 valence electrons. The third kappa shape index (κ3) is 48.6. The van der Waals surface area contributed by atoms with Gasteiger partial charge in [-0.15, -0.1) is 0 Å². The van der Waals surface area contributed by atoms with E-state index in [9.17, 15) is 19.0 Å². The van der Waals surface area contributed by atoms with E-state index in [1.54, 1.807) is 0 Å². The second-order valence-corrected chi connectivity index (χ2v) is 19.3. The van der Waals surface area contributed by atoms with Crippen LogP contribution in [0.1, 0.15) is 194 Å². The Kier molecular flexibility index (Phi) is 43.4. The summed E-state index contributed by atoms with van der Waals surface area (Å²) in [6, 6.07) is 0. The summed E-state index contributed by atoms with van der Waals surface area (Å²) >= 11 is 0. The number of nitrogens with zero attached hydrogens (tertiary/aromatic N) is 1. The van der Waals surface area contributed by atoms with Gasteiger partial charge in [-0.25, -0.2) is 4.57 Å². The fourth-order valence-electron chi connectivity index (χ4n) is 6.48. The maximum Gasteiger partial charge on any atom is 0.472 e. The van der Waals surface area contributed by atoms with Gasteiger partial charge in [0.25, 0.3) is 0 Å². The number of carbonyl (C=O) groups is 2. The Hall–Kier alpha value is -2.81. The second-order valence-electron chi connectivity index (χ2n) is 17.8. The van der Waals surface area contributed by atoms with E-state index in [1.165, 1.54) is 89.9 Å². The number of phosphoric ester groups is 1. The average molecular weight is 917 g/mol. The van der Waals surface area contributed by atoms with Crippen LogP contribution in [0.15, 0.2) is 85.1 Å². The number of phosphoric acid groups is 1. The molecule has 0 aromatic carbocycles. The summed E-state index contributed by atoms with van der Waals surface area (Å²) in [6.45, 7) is 4.25. The number of rotatable bonds is 45. The molecule has 0 aromatic heterocycles. The lowest BCUT2D eigenvalue weighted by Gasteiger charge is -2.24. The zero-order valence-electron chi connectivity index (χ0n) is 41.5. The van der Waals surface area contributed by atoms with Crippen LogP contribution in [-0.4, -0.2) is 74.9 Å². The molecule has 0 fully saturated rings. The van der Waals surface area contributed by atoms with Crippen LogP contribution in [0.3, 0.4) is 0 Å². The molecule has 0 aliphatic heterocycles. The number of hydrogen-bond donors (Lipinski definition) is 1. The average Bonchev–Trinajstić information content (AvgIpc) is 3.25. The number of quaternary nitrogens is 1. The van der Waals surface area contributed by atoms with Crippen LogP contribution < -0.4 is 0 Å². The third-order valence-electron chi connectivity index (χ3n) is 10.4. The molecule has 10 heteroatoms. The maximum atomic E-state index is 12.7. The molecule has 0 spiro atoms. The summed E-state index contributed by atoms with van der Waals surface area (Å²) in [6.07, 6.45) is 59.2. The van der Waals surface area contributed by atoms with Crippen molar-refractivity contribution in [3.8, 4) is 0 Å². The number of likely N-dealkylation sites (N-methyl/N-ethyl adjacent to an activating group) is 1. The van der Waals surface area contributed by atoms with Crippen LogP contribution in [0.25, 0.3) is 0 Å². The van der Waals surface area contributed by atoms with E-state index >= 15 is 0 Å². The van der Waals surface area contributed by atoms with Crippen molar-refractivity contribution in [2.75, 3.05) is 47.5 Å². The smallest absolute Gasteiger partial charge is 0.462 e. The minimum absolute atomic E-state index is 0.0186. The number of allylic oxidation sites excluding steroid dienone is 14. The van der Waals surface area contributed by atoms with Gasteiger partial charge in [-0.2, -0.15) is 0 Å². The number of unbranched alkanes of at least 4 members (excludes halogenated alkanes) is 17. The van der Waals surface area contributed by atoms with E-state index in [1.807, 2.05) is 21.1 Å². The SMILES string of the molecule is CC/C=C\C/C=C\C/C=C\C/C=C\C/C=C\C/C=C\CCCCC(=O)OC(COC(=O)CCCCCCCCCCC/C=C\CCCCCCCC)COP(=O)(O)OCC[N+](C)(C)C. The first kappa shape index (κ1) is 61.2. The van der Waals surface area contributed by atoms with Gasteiger partial charge in [-0.3, -0.25) is 18.6 Å². The largest absolute Gasteiger partial charge is 0.472 e. The predicted octanol–water partition coefficient (Wildman–Crippen LogP) is 15.1. The predicted molar refractivity (Wildman–Crippen MR) is 270 cm³/mol. The number of esters is 2. The van der Waals surface area contributed by atoms with E-state index in [0.29, 0.717) is 17.4 Å². The van der Waals surface area contributed by atoms with Gasteiger partial charge in [-0.05, 0) is 89.9 Å². The van der Waals surface area contributed by atoms with Crippen molar-refractivity contribution in [1.82, 2.24) is 0 Å². The molecular weight excluding hydrogens is 822 g/mol. The van der Waals surface area contributed by atoms with E-state index in [0.717, 1.165) is 70.6 Å². The summed E-state index contributed by atoms with van der Waals surface area (Å²) in [7, 11) is 1.44. The van der Waals surface area contributed by atoms with Crippen molar-refractivity contribution in [3.63, 3.8) is 0 Å². The normalized spacial score (nSPS) is 14.2. The van der Waals surface area contributed by atoms with Gasteiger partial charge in [0.2, 0.25) is 0 Å². The topological polar surface area (TPSA) is 108 Å². The molecule has 0 aliphatic carbocycles. The Bertz CT molecular complexity index is 1360. The lowest BCUT2D eigenvalue weighted by Crippen LogP contribution is -2.37. The van der Waals surface area contributed by atoms with E-state index in [-0.39, 0.29) is 32.0 Å². The molecule has 0 heterocycles. The molecule has 1 N–H and O–H groups in total. The van der Waals surface area contributed by atoms with Crippen molar-refractivity contribution < 1.29 is 42.1 Å². The molecule has 2 atom stereocenters. The molecule has 0 aromatic rings. The van der Waals surface area contributed by atoms with E-state index in [4.69, 9.17) is 18.5 Å². The molecule has 0 amide bonds. The van der Waals surface area contributed by atoms with Crippen LogP contribution >= 0.6 is 7.82 Å². The quantitative estimate of drug-likeness (QED) is 0.0212. The van der Waals surface area contributed by atoms with Gasteiger partial charge in [0.1, 0.15) is 19.8 Å². The first-order valence-corrected chi connectivity index (χ1v) is 26.8. The van der Waals surface area contributed by atoms with Gasteiger partial charge in [-0.1, -0.05) is 176 Å². The van der Waals surface area contributed by atoms with Crippen molar-refractivity contribution in [2.45, 2.75) is 200 Å². The monoisotopic (exact) mass is 917 g/mol. The minimum Gasteiger partial charge on any atom is -0.462 e. The Morgan fingerprint density at radius 1 is 0.500 bits per heavy atom. The third-order valence-corrected chi connectivity index (χ3v) is 11.4. The van der Waals surface area contributed by atoms with Crippen LogP contribution in [0, 0.1) is 0 Å². The van der Waals surface area contributed by atoms with Gasteiger partial charge in [0.05, 0.1) is 27.7 Å². The van der Waals surface area contributed by atoms with Crippen LogP contribution in [0.4, 0.5) is 0 Å². The molecule has 0 saturated carbocycles. The van der Waals surface area contributed by atoms with E-state index < -0.39 is 26.5 Å². The van der Waals surface area contributed by atoms with Crippen molar-refractivity contribution in [1.29, 1.82) is 0 Å². The van der Waals surface area contributed by atoms with Gasteiger partial charge >= 0.3 is 19.8 Å². The molecule has 0 saturated heterocycles. The zero-order chi connectivity index (χ0) is 47.1. The Labute approximate surface area is 392 Å². The highest BCUT2D eigenvalue weighted by Crippen LogP contribution is 2.43. The van der Waals surface area contributed by atoms with E-state index in [2.05, 4.69) is 98.9 Å². The first-order chi connectivity index (χ1) is 31.0. The fourth-order valence-corrected chi connectivity index (χ4v) is 7.22. The Balaban J connectivity index is 4.37. The summed E-state index contributed by atoms with van der Waals surface area (Å²) in [5.41, 5.74) is 0. The number of ether oxygens (including phenoxy) is 2. The molecular formula is C54H95NO8P+. The fraction of sp³-hybridized carbons (Fsp3) is 0.704. The summed E-state index contributed by atoms with van der Waals surface area (Å²) < 4.78 is 34.4. The van der Waals surface area contributed by atoms with Crippen LogP contribution in [0.2, 0.25) is 0 Å². The Morgan fingerprint density at radius 2 is 0.891 bits per heavy atom. The molecule has 2 unspecified atom stereocenters. The van der Waals surface area contributed by atoms with Gasteiger partial charge in [0.15, 0.2) is 6.10 Å². The summed E-state index contributed by atoms with van der Waals surface area (Å²) in [5.74, 6) is -0.855. The lowest BCUT2D eigenvalue weighted by molar-refractivity contribution is -0.870. The molecule has 0 rings (SSSR count). The van der Waals surface area contributed by atoms with Crippen LogP contribution in [-0.2, 0) is 32.7 Å². The molecule has 0 radical (unpaired) electrons. The molecule has 0 aliphatic rings. The number of hydrogen-bond acceptors (Lipinski definition) is 7. The standard InChI is InChI=1S/C54H94NO8P/c1-6-8-10-12-14-16-18-20-22-24-26-27-29-31-33-35-37-39-41-43-45-47-54(57)63-52(51-62-64(58,59)61-49-48-55(3,4)5)50-60-53(56)46-44-42-40-38-36-34-32-30-28-25-23-21-19-17-15-13-11-9-7-2/h8,10,14,16,20-23,26-27,31,33,37,39,52H,6-7,9,11-13,15,17-19,24-25,28-30,32,34-36,38,40-51H2,1-5H3/p+1/b10-8-,16-14-,22-20-,23-21-,27-26-,33-31-,39-37-. The van der Waals surface area contributed by atoms with Gasteiger partial charge < -0.3 is 18.9 Å².